The fourth-order valence-corrected chi connectivity index (χ4v) is 1.68. The van der Waals surface area contributed by atoms with Gasteiger partial charge in [0.25, 0.3) is 0 Å². The summed E-state index contributed by atoms with van der Waals surface area (Å²) in [5.74, 6) is -1.08. The molecule has 0 atom stereocenters. The maximum Gasteiger partial charge on any atom is 0.234 e. The van der Waals surface area contributed by atoms with E-state index < -0.39 is 0 Å². The van der Waals surface area contributed by atoms with E-state index in [2.05, 4.69) is 5.32 Å². The molecule has 7 nitrogen and oxygen atoms in total. The summed E-state index contributed by atoms with van der Waals surface area (Å²) in [6.45, 7) is 0.964. The van der Waals surface area contributed by atoms with Gasteiger partial charge < -0.3 is 20.3 Å². The van der Waals surface area contributed by atoms with Gasteiger partial charge in [-0.3, -0.25) is 14.5 Å². The van der Waals surface area contributed by atoms with Crippen molar-refractivity contribution in [1.29, 1.82) is 0 Å². The first-order valence-corrected chi connectivity index (χ1v) is 6.43. The summed E-state index contributed by atoms with van der Waals surface area (Å²) in [6.07, 6.45) is 0. The molecule has 0 aliphatic carbocycles. The molecule has 0 bridgehead atoms. The molecule has 1 aromatic rings. The van der Waals surface area contributed by atoms with E-state index >= 15 is 0 Å². The van der Waals surface area contributed by atoms with Crippen molar-refractivity contribution in [3.05, 3.63) is 23.8 Å². The number of phenols is 2. The Balaban J connectivity index is 2.46. The Morgan fingerprint density at radius 1 is 1.24 bits per heavy atom. The quantitative estimate of drug-likeness (QED) is 0.354. The molecule has 116 valence electrons. The number of hydrogen-bond donors (Lipinski definition) is 3. The molecular formula is C14H20N2O5. The van der Waals surface area contributed by atoms with Crippen molar-refractivity contribution in [3.63, 3.8) is 0 Å². The summed E-state index contributed by atoms with van der Waals surface area (Å²) in [4.78, 5) is 25.1. The highest BCUT2D eigenvalue weighted by molar-refractivity contribution is 5.98. The fourth-order valence-electron chi connectivity index (χ4n) is 1.68. The number of carbonyl (C=O) groups is 2. The van der Waals surface area contributed by atoms with E-state index in [1.54, 1.807) is 19.1 Å². The standard InChI is InChI=1S/C14H20N2O5/c1-16(9-14(20)15-5-6-21-2)8-13(19)10-3-4-11(17)12(18)7-10/h3-4,7,17-18H,5-6,8-9H2,1-2H3,(H,15,20). The van der Waals surface area contributed by atoms with E-state index in [9.17, 15) is 19.8 Å². The number of ether oxygens (including phenoxy) is 1. The smallest absolute Gasteiger partial charge is 0.234 e. The number of carbonyl (C=O) groups excluding carboxylic acids is 2. The number of nitrogens with one attached hydrogen (secondary N) is 1. The number of Topliss-reactive ketones (excluding diaryl/α,β-unsaturated/α-hetero) is 1. The maximum absolute atomic E-state index is 12.0. The first kappa shape index (κ1) is 16.9. The van der Waals surface area contributed by atoms with Crippen LogP contribution in [0.15, 0.2) is 18.2 Å². The van der Waals surface area contributed by atoms with Crippen LogP contribution in [0, 0.1) is 0 Å². The maximum atomic E-state index is 12.0. The molecule has 21 heavy (non-hydrogen) atoms. The lowest BCUT2D eigenvalue weighted by Crippen LogP contribution is -2.38. The minimum absolute atomic E-state index is 0.0297. The number of rotatable bonds is 8. The largest absolute Gasteiger partial charge is 0.504 e. The van der Waals surface area contributed by atoms with Gasteiger partial charge in [0, 0.05) is 19.2 Å². The Labute approximate surface area is 123 Å². The van der Waals surface area contributed by atoms with Crippen molar-refractivity contribution in [3.8, 4) is 11.5 Å². The van der Waals surface area contributed by atoms with E-state index in [0.717, 1.165) is 0 Å². The minimum atomic E-state index is -0.346. The molecule has 0 aliphatic heterocycles. The van der Waals surface area contributed by atoms with Crippen molar-refractivity contribution in [1.82, 2.24) is 10.2 Å². The van der Waals surface area contributed by atoms with Crippen LogP contribution in [0.25, 0.3) is 0 Å². The number of amides is 1. The Morgan fingerprint density at radius 2 is 1.95 bits per heavy atom. The highest BCUT2D eigenvalue weighted by Crippen LogP contribution is 2.24. The lowest BCUT2D eigenvalue weighted by molar-refractivity contribution is -0.122. The van der Waals surface area contributed by atoms with Gasteiger partial charge in [-0.25, -0.2) is 0 Å². The van der Waals surface area contributed by atoms with Crippen LogP contribution in [0.4, 0.5) is 0 Å². The number of hydrogen-bond acceptors (Lipinski definition) is 6. The van der Waals surface area contributed by atoms with Gasteiger partial charge in [-0.1, -0.05) is 0 Å². The second-order valence-corrected chi connectivity index (χ2v) is 4.64. The second kappa shape index (κ2) is 8.23. The lowest BCUT2D eigenvalue weighted by Gasteiger charge is -2.15. The third kappa shape index (κ3) is 5.80. The molecule has 0 saturated heterocycles. The Hall–Kier alpha value is -2.12. The van der Waals surface area contributed by atoms with Crippen molar-refractivity contribution >= 4 is 11.7 Å². The molecule has 0 heterocycles. The van der Waals surface area contributed by atoms with Crippen LogP contribution in [0.2, 0.25) is 0 Å². The van der Waals surface area contributed by atoms with E-state index in [1.807, 2.05) is 0 Å². The van der Waals surface area contributed by atoms with E-state index in [1.165, 1.54) is 18.2 Å². The third-order valence-corrected chi connectivity index (χ3v) is 2.75. The van der Waals surface area contributed by atoms with Gasteiger partial charge in [-0.2, -0.15) is 0 Å². The summed E-state index contributed by atoms with van der Waals surface area (Å²) in [5, 5.41) is 21.2. The van der Waals surface area contributed by atoms with Gasteiger partial charge >= 0.3 is 0 Å². The molecule has 0 aliphatic rings. The van der Waals surface area contributed by atoms with Crippen LogP contribution in [0.1, 0.15) is 10.4 Å². The summed E-state index contributed by atoms with van der Waals surface area (Å²) >= 11 is 0. The van der Waals surface area contributed by atoms with E-state index in [0.29, 0.717) is 13.2 Å². The third-order valence-electron chi connectivity index (χ3n) is 2.75. The predicted octanol–water partition coefficient (Wildman–Crippen LogP) is -0.0251. The minimum Gasteiger partial charge on any atom is -0.504 e. The summed E-state index contributed by atoms with van der Waals surface area (Å²) < 4.78 is 4.81. The zero-order chi connectivity index (χ0) is 15.8. The van der Waals surface area contributed by atoms with Gasteiger partial charge in [0.15, 0.2) is 17.3 Å². The Kier molecular flexibility index (Phi) is 6.64. The highest BCUT2D eigenvalue weighted by atomic mass is 16.5. The van der Waals surface area contributed by atoms with Crippen LogP contribution in [0.3, 0.4) is 0 Å². The molecule has 3 N–H and O–H groups in total. The lowest BCUT2D eigenvalue weighted by atomic mass is 10.1. The number of aromatic hydroxyl groups is 2. The first-order valence-electron chi connectivity index (χ1n) is 6.43. The average molecular weight is 296 g/mol. The molecule has 7 heteroatoms. The van der Waals surface area contributed by atoms with Crippen molar-refractivity contribution < 1.29 is 24.5 Å². The highest BCUT2D eigenvalue weighted by Gasteiger charge is 2.13. The van der Waals surface area contributed by atoms with Crippen LogP contribution in [-0.2, 0) is 9.53 Å². The van der Waals surface area contributed by atoms with Gasteiger partial charge in [-0.05, 0) is 25.2 Å². The predicted molar refractivity (Wildman–Crippen MR) is 76.5 cm³/mol. The molecule has 0 aromatic heterocycles. The molecule has 1 aromatic carbocycles. The van der Waals surface area contributed by atoms with Crippen molar-refractivity contribution in [2.24, 2.45) is 0 Å². The number of methoxy groups -OCH3 is 1. The fraction of sp³-hybridized carbons (Fsp3) is 0.429. The van der Waals surface area contributed by atoms with E-state index in [-0.39, 0.29) is 41.8 Å². The van der Waals surface area contributed by atoms with Gasteiger partial charge in [0.2, 0.25) is 5.91 Å². The van der Waals surface area contributed by atoms with Crippen LogP contribution >= 0.6 is 0 Å². The Bertz CT molecular complexity index is 504. The SMILES string of the molecule is COCCNC(=O)CN(C)CC(=O)c1ccc(O)c(O)c1. The molecule has 0 spiro atoms. The number of nitrogens with zero attached hydrogens (tertiary/aromatic N) is 1. The molecule has 1 amide bonds. The second-order valence-electron chi connectivity index (χ2n) is 4.64. The number of ketones is 1. The molecular weight excluding hydrogens is 276 g/mol. The zero-order valence-electron chi connectivity index (χ0n) is 12.1. The Morgan fingerprint density at radius 3 is 2.57 bits per heavy atom. The number of likely N-dealkylation sites (N-methyl/N-ethyl adjacent to an activating group) is 1. The number of phenolic OH excluding ortho intramolecular Hbond substituents is 2. The van der Waals surface area contributed by atoms with E-state index in [4.69, 9.17) is 4.74 Å². The molecule has 1 rings (SSSR count). The van der Waals surface area contributed by atoms with Crippen LogP contribution < -0.4 is 5.32 Å². The molecule has 0 radical (unpaired) electrons. The van der Waals surface area contributed by atoms with Gasteiger partial charge in [-0.15, -0.1) is 0 Å². The van der Waals surface area contributed by atoms with Gasteiger partial charge in [0.05, 0.1) is 19.7 Å². The average Bonchev–Trinajstić information content (AvgIpc) is 2.41. The first-order chi connectivity index (χ1) is 9.93. The van der Waals surface area contributed by atoms with Crippen molar-refractivity contribution in [2.75, 3.05) is 40.4 Å². The summed E-state index contributed by atoms with van der Waals surface area (Å²) in [6, 6.07) is 3.87. The summed E-state index contributed by atoms with van der Waals surface area (Å²) in [7, 11) is 3.19. The topological polar surface area (TPSA) is 99.1 Å². The molecule has 0 unspecified atom stereocenters. The van der Waals surface area contributed by atoms with Crippen LogP contribution in [0.5, 0.6) is 11.5 Å². The molecule has 0 fully saturated rings. The summed E-state index contributed by atoms with van der Waals surface area (Å²) in [5.41, 5.74) is 0.275. The van der Waals surface area contributed by atoms with Crippen LogP contribution in [-0.4, -0.2) is 67.2 Å². The molecule has 0 saturated carbocycles. The van der Waals surface area contributed by atoms with Gasteiger partial charge in [0.1, 0.15) is 0 Å². The normalized spacial score (nSPS) is 10.6. The monoisotopic (exact) mass is 296 g/mol. The zero-order valence-corrected chi connectivity index (χ0v) is 12.1. The number of benzene rings is 1. The van der Waals surface area contributed by atoms with Crippen molar-refractivity contribution in [2.45, 2.75) is 0 Å².